The van der Waals surface area contributed by atoms with Crippen LogP contribution in [0.3, 0.4) is 0 Å². The van der Waals surface area contributed by atoms with Gasteiger partial charge in [-0.15, -0.1) is 0 Å². The Balaban J connectivity index is 0.000000299. The standard InChI is InChI=1S/C28H40N2O4.C12H16N2O/c1-5-7-16-29(15-6-2)17-13-28(23-11-9-8-10-12-23)14-18-30(21-28)27(32)22-19-24(31)26(34-4)25(20-22)33-3;1-3-15-9-8-14-10(2)13-11-6-4-5-7-12(11)14/h8-12,19-20,31H,5-7,13-18,21H2,1-4H3;4-7H,3,8-9H2,1-2H3. The molecule has 5 rings (SSSR count). The number of aromatic hydroxyl groups is 1. The summed E-state index contributed by atoms with van der Waals surface area (Å²) >= 11 is 0. The van der Waals surface area contributed by atoms with Gasteiger partial charge in [-0.3, -0.25) is 4.79 Å². The number of carbonyl (C=O) groups is 1. The minimum atomic E-state index is -0.0927. The van der Waals surface area contributed by atoms with E-state index in [1.54, 1.807) is 6.07 Å². The second-order valence-electron chi connectivity index (χ2n) is 12.8. The molecule has 0 saturated carbocycles. The third kappa shape index (κ3) is 9.55. The Bertz CT molecular complexity index is 1610. The first-order chi connectivity index (χ1) is 23.8. The molecule has 1 aromatic heterocycles. The van der Waals surface area contributed by atoms with Crippen LogP contribution < -0.4 is 9.47 Å². The molecule has 9 nitrogen and oxygen atoms in total. The molecule has 0 spiro atoms. The van der Waals surface area contributed by atoms with Crippen molar-refractivity contribution in [1.82, 2.24) is 19.4 Å². The lowest BCUT2D eigenvalue weighted by molar-refractivity contribution is 0.0779. The number of aromatic nitrogens is 2. The van der Waals surface area contributed by atoms with Gasteiger partial charge in [-0.05, 0) is 89.0 Å². The molecule has 0 aliphatic carbocycles. The lowest BCUT2D eigenvalue weighted by Gasteiger charge is -2.33. The van der Waals surface area contributed by atoms with Gasteiger partial charge in [0.1, 0.15) is 5.82 Å². The molecule has 2 heterocycles. The number of carbonyl (C=O) groups excluding carboxylic acids is 1. The predicted molar refractivity (Wildman–Crippen MR) is 197 cm³/mol. The van der Waals surface area contributed by atoms with Crippen molar-refractivity contribution < 1.29 is 24.1 Å². The quantitative estimate of drug-likeness (QED) is 0.124. The van der Waals surface area contributed by atoms with E-state index in [9.17, 15) is 9.90 Å². The highest BCUT2D eigenvalue weighted by Gasteiger charge is 2.41. The summed E-state index contributed by atoms with van der Waals surface area (Å²) in [6, 6.07) is 22.0. The number of phenolic OH excluding ortho intramolecular Hbond substituents is 1. The smallest absolute Gasteiger partial charge is 0.254 e. The summed E-state index contributed by atoms with van der Waals surface area (Å²) in [4.78, 5) is 22.5. The molecular formula is C40H56N4O5. The lowest BCUT2D eigenvalue weighted by atomic mass is 9.76. The maximum atomic E-state index is 13.5. The van der Waals surface area contributed by atoms with Gasteiger partial charge >= 0.3 is 0 Å². The summed E-state index contributed by atoms with van der Waals surface area (Å²) in [5, 5.41) is 10.4. The summed E-state index contributed by atoms with van der Waals surface area (Å²) in [6.45, 7) is 15.5. The number of benzene rings is 3. The molecule has 1 saturated heterocycles. The molecule has 1 aliphatic rings. The summed E-state index contributed by atoms with van der Waals surface area (Å²) in [7, 11) is 2.97. The number of hydrogen-bond acceptors (Lipinski definition) is 7. The molecular weight excluding hydrogens is 616 g/mol. The Morgan fingerprint density at radius 1 is 0.959 bits per heavy atom. The van der Waals surface area contributed by atoms with Gasteiger partial charge in [0.05, 0.1) is 31.9 Å². The van der Waals surface area contributed by atoms with Gasteiger partial charge in [-0.1, -0.05) is 62.7 Å². The summed E-state index contributed by atoms with van der Waals surface area (Å²) in [5.41, 5.74) is 3.89. The predicted octanol–water partition coefficient (Wildman–Crippen LogP) is 7.48. The van der Waals surface area contributed by atoms with Crippen LogP contribution in [0.15, 0.2) is 66.7 Å². The third-order valence-electron chi connectivity index (χ3n) is 9.52. The molecule has 1 atom stereocenters. The van der Waals surface area contributed by atoms with Crippen molar-refractivity contribution in [2.75, 3.05) is 60.2 Å². The Morgan fingerprint density at radius 3 is 2.41 bits per heavy atom. The zero-order chi connectivity index (χ0) is 35.2. The van der Waals surface area contributed by atoms with E-state index in [0.29, 0.717) is 24.4 Å². The average molecular weight is 673 g/mol. The van der Waals surface area contributed by atoms with Crippen LogP contribution in [-0.2, 0) is 16.7 Å². The summed E-state index contributed by atoms with van der Waals surface area (Å²) < 4.78 is 18.1. The highest BCUT2D eigenvalue weighted by molar-refractivity contribution is 5.96. The molecule has 9 heteroatoms. The van der Waals surface area contributed by atoms with E-state index >= 15 is 0 Å². The molecule has 0 bridgehead atoms. The van der Waals surface area contributed by atoms with Crippen molar-refractivity contribution in [3.63, 3.8) is 0 Å². The summed E-state index contributed by atoms with van der Waals surface area (Å²) in [6.07, 6.45) is 5.50. The van der Waals surface area contributed by atoms with Crippen molar-refractivity contribution in [3.05, 3.63) is 83.7 Å². The fraction of sp³-hybridized carbons (Fsp3) is 0.500. The molecule has 1 aliphatic heterocycles. The number of para-hydroxylation sites is 2. The molecule has 266 valence electrons. The van der Waals surface area contributed by atoms with Crippen molar-refractivity contribution in [3.8, 4) is 17.2 Å². The van der Waals surface area contributed by atoms with Gasteiger partial charge in [0.2, 0.25) is 5.75 Å². The number of fused-ring (bicyclic) bond motifs is 1. The monoisotopic (exact) mass is 672 g/mol. The average Bonchev–Trinajstić information content (AvgIpc) is 3.71. The second kappa shape index (κ2) is 18.6. The van der Waals surface area contributed by atoms with Crippen molar-refractivity contribution in [1.29, 1.82) is 0 Å². The van der Waals surface area contributed by atoms with Gasteiger partial charge < -0.3 is 33.7 Å². The SMILES string of the molecule is CCCCN(CCC)CCC1(c2ccccc2)CCN(C(=O)c2cc(O)c(OC)c(OC)c2)C1.CCOCCn1c(C)nc2ccccc21. The molecule has 1 N–H and O–H groups in total. The second-order valence-corrected chi connectivity index (χ2v) is 12.8. The molecule has 1 amide bonds. The van der Waals surface area contributed by atoms with Crippen molar-refractivity contribution >= 4 is 16.9 Å². The Labute approximate surface area is 292 Å². The number of likely N-dealkylation sites (tertiary alicyclic amines) is 1. The Hall–Kier alpha value is -4.08. The van der Waals surface area contributed by atoms with Gasteiger partial charge in [-0.25, -0.2) is 4.98 Å². The topological polar surface area (TPSA) is 89.3 Å². The maximum Gasteiger partial charge on any atom is 0.254 e. The zero-order valence-electron chi connectivity index (χ0n) is 30.4. The van der Waals surface area contributed by atoms with E-state index < -0.39 is 0 Å². The largest absolute Gasteiger partial charge is 0.504 e. The number of imidazole rings is 1. The zero-order valence-corrected chi connectivity index (χ0v) is 30.4. The number of amides is 1. The minimum absolute atomic E-state index is 0.0757. The first-order valence-corrected chi connectivity index (χ1v) is 17.8. The fourth-order valence-corrected chi connectivity index (χ4v) is 6.86. The number of hydrogen-bond donors (Lipinski definition) is 1. The van der Waals surface area contributed by atoms with Gasteiger partial charge in [0, 0.05) is 37.2 Å². The van der Waals surface area contributed by atoms with E-state index in [2.05, 4.69) is 58.6 Å². The lowest BCUT2D eigenvalue weighted by Crippen LogP contribution is -2.38. The molecule has 1 unspecified atom stereocenters. The van der Waals surface area contributed by atoms with E-state index in [4.69, 9.17) is 14.2 Å². The molecule has 4 aromatic rings. The van der Waals surface area contributed by atoms with Crippen LogP contribution in [0, 0.1) is 6.92 Å². The number of aryl methyl sites for hydroxylation is 1. The maximum absolute atomic E-state index is 13.5. The van der Waals surface area contributed by atoms with Crippen LogP contribution in [0.1, 0.15) is 74.6 Å². The number of ether oxygens (including phenoxy) is 3. The van der Waals surface area contributed by atoms with Crippen LogP contribution in [-0.4, -0.2) is 90.5 Å². The van der Waals surface area contributed by atoms with Crippen LogP contribution in [0.4, 0.5) is 0 Å². The fourth-order valence-electron chi connectivity index (χ4n) is 6.86. The van der Waals surface area contributed by atoms with Crippen LogP contribution in [0.2, 0.25) is 0 Å². The first kappa shape index (κ1) is 37.7. The van der Waals surface area contributed by atoms with Crippen molar-refractivity contribution in [2.45, 2.75) is 71.8 Å². The normalized spacial score (nSPS) is 15.8. The van der Waals surface area contributed by atoms with Gasteiger partial charge in [0.15, 0.2) is 11.5 Å². The molecule has 3 aromatic carbocycles. The van der Waals surface area contributed by atoms with Crippen molar-refractivity contribution in [2.24, 2.45) is 0 Å². The summed E-state index contributed by atoms with van der Waals surface area (Å²) in [5.74, 6) is 1.46. The number of phenols is 1. The molecule has 0 radical (unpaired) electrons. The number of unbranched alkanes of at least 4 members (excludes halogenated alkanes) is 1. The highest BCUT2D eigenvalue weighted by atomic mass is 16.5. The van der Waals surface area contributed by atoms with Gasteiger partial charge in [-0.2, -0.15) is 0 Å². The third-order valence-corrected chi connectivity index (χ3v) is 9.52. The van der Waals surface area contributed by atoms with E-state index in [-0.39, 0.29) is 22.8 Å². The number of nitrogens with zero attached hydrogens (tertiary/aromatic N) is 4. The van der Waals surface area contributed by atoms with Crippen LogP contribution in [0.25, 0.3) is 11.0 Å². The van der Waals surface area contributed by atoms with Gasteiger partial charge in [0.25, 0.3) is 5.91 Å². The number of methoxy groups -OCH3 is 2. The first-order valence-electron chi connectivity index (χ1n) is 17.8. The van der Waals surface area contributed by atoms with E-state index in [0.717, 1.165) is 70.0 Å². The minimum Gasteiger partial charge on any atom is -0.504 e. The Morgan fingerprint density at radius 2 is 1.71 bits per heavy atom. The van der Waals surface area contributed by atoms with Crippen LogP contribution in [0.5, 0.6) is 17.2 Å². The van der Waals surface area contributed by atoms with E-state index in [1.807, 2.05) is 43.0 Å². The highest BCUT2D eigenvalue weighted by Crippen LogP contribution is 2.41. The Kier molecular flexibility index (Phi) is 14.3. The van der Waals surface area contributed by atoms with E-state index in [1.165, 1.54) is 44.2 Å². The molecule has 49 heavy (non-hydrogen) atoms. The molecule has 1 fully saturated rings. The number of rotatable bonds is 16. The van der Waals surface area contributed by atoms with Crippen LogP contribution >= 0.6 is 0 Å².